The summed E-state index contributed by atoms with van der Waals surface area (Å²) in [5.74, 6) is -1.22. The van der Waals surface area contributed by atoms with Crippen molar-refractivity contribution in [2.75, 3.05) is 11.6 Å². The summed E-state index contributed by atoms with van der Waals surface area (Å²) >= 11 is 0. The highest BCUT2D eigenvalue weighted by Gasteiger charge is 2.21. The summed E-state index contributed by atoms with van der Waals surface area (Å²) in [6.45, 7) is 5.06. The van der Waals surface area contributed by atoms with E-state index >= 15 is 0 Å². The number of hydrogen-bond donors (Lipinski definition) is 1. The van der Waals surface area contributed by atoms with Crippen molar-refractivity contribution in [2.24, 2.45) is 0 Å². The van der Waals surface area contributed by atoms with Gasteiger partial charge >= 0.3 is 5.97 Å². The van der Waals surface area contributed by atoms with Crippen molar-refractivity contribution in [3.63, 3.8) is 0 Å². The lowest BCUT2D eigenvalue weighted by Crippen LogP contribution is -2.30. The Hall–Kier alpha value is -2.67. The number of esters is 1. The van der Waals surface area contributed by atoms with Crippen molar-refractivity contribution < 1.29 is 22.7 Å². The average molecular weight is 375 g/mol. The first-order chi connectivity index (χ1) is 12.1. The largest absolute Gasteiger partial charge is 0.449 e. The zero-order chi connectivity index (χ0) is 19.5. The molecular formula is C19H21NO5S. The van der Waals surface area contributed by atoms with E-state index in [1.165, 1.54) is 25.1 Å². The first-order valence-corrected chi connectivity index (χ1v) is 9.86. The number of rotatable bonds is 5. The van der Waals surface area contributed by atoms with Gasteiger partial charge in [-0.05, 0) is 50.6 Å². The van der Waals surface area contributed by atoms with Crippen LogP contribution in [0.25, 0.3) is 0 Å². The average Bonchev–Trinajstić information content (AvgIpc) is 2.56. The van der Waals surface area contributed by atoms with Gasteiger partial charge in [-0.25, -0.2) is 13.2 Å². The summed E-state index contributed by atoms with van der Waals surface area (Å²) in [5, 5.41) is 2.66. The lowest BCUT2D eigenvalue weighted by Gasteiger charge is -2.15. The summed E-state index contributed by atoms with van der Waals surface area (Å²) in [7, 11) is -3.45. The topological polar surface area (TPSA) is 89.5 Å². The molecule has 2 aromatic rings. The van der Waals surface area contributed by atoms with Crippen LogP contribution in [0.4, 0.5) is 5.69 Å². The van der Waals surface area contributed by atoms with Crippen molar-refractivity contribution in [3.8, 4) is 0 Å². The molecule has 0 aliphatic heterocycles. The molecule has 0 saturated carbocycles. The van der Waals surface area contributed by atoms with E-state index in [1.54, 1.807) is 19.1 Å². The van der Waals surface area contributed by atoms with Crippen LogP contribution in [-0.4, -0.2) is 32.7 Å². The molecule has 0 aliphatic rings. The minimum Gasteiger partial charge on any atom is -0.449 e. The highest BCUT2D eigenvalue weighted by molar-refractivity contribution is 7.90. The Morgan fingerprint density at radius 2 is 1.65 bits per heavy atom. The molecule has 0 bridgehead atoms. The fourth-order valence-electron chi connectivity index (χ4n) is 2.21. The standard InChI is InChI=1S/C19H21NO5S/c1-12-5-8-15(9-6-12)20-18(21)14(3)25-19(22)17-11-16(26(4,23)24)10-7-13(17)2/h5-11,14H,1-4H3,(H,20,21). The van der Waals surface area contributed by atoms with E-state index in [0.717, 1.165) is 11.8 Å². The lowest BCUT2D eigenvalue weighted by atomic mass is 10.1. The maximum absolute atomic E-state index is 12.4. The van der Waals surface area contributed by atoms with E-state index in [4.69, 9.17) is 4.74 Å². The van der Waals surface area contributed by atoms with E-state index in [1.807, 2.05) is 19.1 Å². The molecule has 0 saturated heterocycles. The summed E-state index contributed by atoms with van der Waals surface area (Å²) in [4.78, 5) is 24.6. The van der Waals surface area contributed by atoms with Crippen molar-refractivity contribution in [1.82, 2.24) is 0 Å². The number of aryl methyl sites for hydroxylation is 2. The van der Waals surface area contributed by atoms with Gasteiger partial charge < -0.3 is 10.1 Å². The zero-order valence-corrected chi connectivity index (χ0v) is 15.9. The molecular weight excluding hydrogens is 354 g/mol. The lowest BCUT2D eigenvalue weighted by molar-refractivity contribution is -0.123. The van der Waals surface area contributed by atoms with Gasteiger partial charge in [-0.2, -0.15) is 0 Å². The smallest absolute Gasteiger partial charge is 0.339 e. The predicted molar refractivity (Wildman–Crippen MR) is 99.0 cm³/mol. The Labute approximate surface area is 153 Å². The summed E-state index contributed by atoms with van der Waals surface area (Å²) in [6.07, 6.45) is 0.0230. The fraction of sp³-hybridized carbons (Fsp3) is 0.263. The quantitative estimate of drug-likeness (QED) is 0.812. The monoisotopic (exact) mass is 375 g/mol. The Morgan fingerprint density at radius 3 is 2.23 bits per heavy atom. The van der Waals surface area contributed by atoms with Crippen LogP contribution in [0.5, 0.6) is 0 Å². The number of hydrogen-bond acceptors (Lipinski definition) is 5. The van der Waals surface area contributed by atoms with Crippen LogP contribution >= 0.6 is 0 Å². The van der Waals surface area contributed by atoms with Crippen molar-refractivity contribution in [3.05, 3.63) is 59.2 Å². The molecule has 7 heteroatoms. The molecule has 0 spiro atoms. The molecule has 138 valence electrons. The minimum atomic E-state index is -3.45. The summed E-state index contributed by atoms with van der Waals surface area (Å²) < 4.78 is 28.5. The third kappa shape index (κ3) is 4.92. The minimum absolute atomic E-state index is 0.0202. The maximum Gasteiger partial charge on any atom is 0.339 e. The maximum atomic E-state index is 12.4. The molecule has 1 N–H and O–H groups in total. The number of ether oxygens (including phenoxy) is 1. The van der Waals surface area contributed by atoms with E-state index in [-0.39, 0.29) is 10.5 Å². The molecule has 6 nitrogen and oxygen atoms in total. The van der Waals surface area contributed by atoms with E-state index in [9.17, 15) is 18.0 Å². The zero-order valence-electron chi connectivity index (χ0n) is 15.1. The molecule has 0 fully saturated rings. The van der Waals surface area contributed by atoms with Gasteiger partial charge in [0.05, 0.1) is 10.5 Å². The fourth-order valence-corrected chi connectivity index (χ4v) is 2.86. The molecule has 0 radical (unpaired) electrons. The second kappa shape index (κ2) is 7.70. The second-order valence-corrected chi connectivity index (χ2v) is 8.17. The molecule has 1 atom stereocenters. The SMILES string of the molecule is Cc1ccc(NC(=O)C(C)OC(=O)c2cc(S(C)(=O)=O)ccc2C)cc1. The van der Waals surface area contributed by atoms with Crippen LogP contribution < -0.4 is 5.32 Å². The third-order valence-electron chi connectivity index (χ3n) is 3.83. The number of carbonyl (C=O) groups is 2. The molecule has 1 unspecified atom stereocenters. The van der Waals surface area contributed by atoms with Gasteiger partial charge in [-0.3, -0.25) is 4.79 Å². The van der Waals surface area contributed by atoms with Gasteiger partial charge in [-0.15, -0.1) is 0 Å². The number of benzene rings is 2. The molecule has 1 amide bonds. The Balaban J connectivity index is 2.11. The van der Waals surface area contributed by atoms with Crippen LogP contribution in [-0.2, 0) is 19.4 Å². The third-order valence-corrected chi connectivity index (χ3v) is 4.94. The molecule has 0 aromatic heterocycles. The summed E-state index contributed by atoms with van der Waals surface area (Å²) in [5.41, 5.74) is 2.33. The number of carbonyl (C=O) groups excluding carboxylic acids is 2. The van der Waals surface area contributed by atoms with Gasteiger partial charge in [-0.1, -0.05) is 23.8 Å². The van der Waals surface area contributed by atoms with Crippen molar-refractivity contribution in [1.29, 1.82) is 0 Å². The Kier molecular flexibility index (Phi) is 5.82. The first-order valence-electron chi connectivity index (χ1n) is 7.97. The molecule has 0 aliphatic carbocycles. The van der Waals surface area contributed by atoms with Crippen LogP contribution in [0.2, 0.25) is 0 Å². The van der Waals surface area contributed by atoms with Gasteiger partial charge in [0.1, 0.15) is 0 Å². The molecule has 26 heavy (non-hydrogen) atoms. The number of sulfone groups is 1. The number of anilines is 1. The van der Waals surface area contributed by atoms with Gasteiger partial charge in [0.2, 0.25) is 0 Å². The highest BCUT2D eigenvalue weighted by Crippen LogP contribution is 2.17. The predicted octanol–water partition coefficient (Wildman–Crippen LogP) is 2.89. The van der Waals surface area contributed by atoms with E-state index in [0.29, 0.717) is 11.3 Å². The molecule has 2 rings (SSSR count). The number of nitrogens with one attached hydrogen (secondary N) is 1. The Morgan fingerprint density at radius 1 is 1.04 bits per heavy atom. The molecule has 2 aromatic carbocycles. The highest BCUT2D eigenvalue weighted by atomic mass is 32.2. The van der Waals surface area contributed by atoms with Crippen molar-refractivity contribution in [2.45, 2.75) is 31.8 Å². The van der Waals surface area contributed by atoms with Gasteiger partial charge in [0.15, 0.2) is 15.9 Å². The number of amides is 1. The first kappa shape index (κ1) is 19.7. The Bertz CT molecular complexity index is 933. The summed E-state index contributed by atoms with van der Waals surface area (Å²) in [6, 6.07) is 11.4. The van der Waals surface area contributed by atoms with Gasteiger partial charge in [0.25, 0.3) is 5.91 Å². The van der Waals surface area contributed by atoms with E-state index < -0.39 is 27.8 Å². The van der Waals surface area contributed by atoms with E-state index in [2.05, 4.69) is 5.32 Å². The van der Waals surface area contributed by atoms with Crippen LogP contribution in [0.3, 0.4) is 0 Å². The normalized spacial score (nSPS) is 12.3. The van der Waals surface area contributed by atoms with Crippen molar-refractivity contribution >= 4 is 27.4 Å². The van der Waals surface area contributed by atoms with Crippen LogP contribution in [0.15, 0.2) is 47.4 Å². The second-order valence-electron chi connectivity index (χ2n) is 6.15. The van der Waals surface area contributed by atoms with Crippen LogP contribution in [0.1, 0.15) is 28.4 Å². The van der Waals surface area contributed by atoms with Crippen LogP contribution in [0, 0.1) is 13.8 Å². The van der Waals surface area contributed by atoms with Gasteiger partial charge in [0, 0.05) is 11.9 Å². The molecule has 0 heterocycles.